The van der Waals surface area contributed by atoms with Crippen LogP contribution in [0.2, 0.25) is 0 Å². The molecule has 0 saturated carbocycles. The molecular weight excluding hydrogens is 238 g/mol. The smallest absolute Gasteiger partial charge is 0.138 e. The van der Waals surface area contributed by atoms with E-state index in [0.29, 0.717) is 12.3 Å². The summed E-state index contributed by atoms with van der Waals surface area (Å²) >= 11 is 0. The van der Waals surface area contributed by atoms with Crippen molar-refractivity contribution in [2.75, 3.05) is 0 Å². The third-order valence-electron chi connectivity index (χ3n) is 3.04. The SMILES string of the molecule is Cc1cccnc1C(N)Cc1ncnn1CC(C)C. The van der Waals surface area contributed by atoms with Crippen LogP contribution in [0.25, 0.3) is 0 Å². The fourth-order valence-electron chi connectivity index (χ4n) is 2.12. The Balaban J connectivity index is 2.13. The van der Waals surface area contributed by atoms with Crippen molar-refractivity contribution in [2.24, 2.45) is 11.7 Å². The first-order valence-electron chi connectivity index (χ1n) is 6.61. The molecule has 0 amide bonds. The Kier molecular flexibility index (Phi) is 4.27. The van der Waals surface area contributed by atoms with Crippen molar-refractivity contribution in [3.05, 3.63) is 41.7 Å². The molecule has 5 nitrogen and oxygen atoms in total. The highest BCUT2D eigenvalue weighted by Gasteiger charge is 2.15. The number of pyridine rings is 1. The van der Waals surface area contributed by atoms with Gasteiger partial charge in [-0.1, -0.05) is 19.9 Å². The van der Waals surface area contributed by atoms with Gasteiger partial charge in [-0.2, -0.15) is 5.10 Å². The number of hydrogen-bond donors (Lipinski definition) is 1. The van der Waals surface area contributed by atoms with Crippen LogP contribution in [0.4, 0.5) is 0 Å². The highest BCUT2D eigenvalue weighted by molar-refractivity contribution is 5.21. The third kappa shape index (κ3) is 3.38. The Morgan fingerprint density at radius 3 is 2.79 bits per heavy atom. The van der Waals surface area contributed by atoms with Gasteiger partial charge >= 0.3 is 0 Å². The summed E-state index contributed by atoms with van der Waals surface area (Å²) in [6.07, 6.45) is 4.03. The van der Waals surface area contributed by atoms with E-state index >= 15 is 0 Å². The minimum Gasteiger partial charge on any atom is -0.322 e. The van der Waals surface area contributed by atoms with Gasteiger partial charge < -0.3 is 5.73 Å². The van der Waals surface area contributed by atoms with E-state index < -0.39 is 0 Å². The van der Waals surface area contributed by atoms with Crippen LogP contribution in [0.15, 0.2) is 24.7 Å². The molecule has 0 spiro atoms. The summed E-state index contributed by atoms with van der Waals surface area (Å²) in [4.78, 5) is 8.68. The van der Waals surface area contributed by atoms with Gasteiger partial charge in [0.15, 0.2) is 0 Å². The second kappa shape index (κ2) is 5.93. The van der Waals surface area contributed by atoms with Crippen molar-refractivity contribution >= 4 is 0 Å². The molecule has 2 rings (SSSR count). The summed E-state index contributed by atoms with van der Waals surface area (Å²) in [5, 5.41) is 4.26. The van der Waals surface area contributed by atoms with Crippen LogP contribution in [-0.4, -0.2) is 19.7 Å². The van der Waals surface area contributed by atoms with Gasteiger partial charge in [0.05, 0.1) is 11.7 Å². The summed E-state index contributed by atoms with van der Waals surface area (Å²) in [6.45, 7) is 7.22. The molecule has 102 valence electrons. The van der Waals surface area contributed by atoms with Gasteiger partial charge in [-0.25, -0.2) is 9.67 Å². The lowest BCUT2D eigenvalue weighted by Gasteiger charge is -2.14. The van der Waals surface area contributed by atoms with Crippen LogP contribution in [0.1, 0.15) is 37.0 Å². The standard InChI is InChI=1S/C14H21N5/c1-10(2)8-19-13(17-9-18-19)7-12(15)14-11(3)5-4-6-16-14/h4-6,9-10,12H,7-8,15H2,1-3H3. The zero-order chi connectivity index (χ0) is 13.8. The van der Waals surface area contributed by atoms with Gasteiger partial charge in [0.1, 0.15) is 12.2 Å². The first-order valence-corrected chi connectivity index (χ1v) is 6.61. The lowest BCUT2D eigenvalue weighted by Crippen LogP contribution is -2.20. The maximum Gasteiger partial charge on any atom is 0.138 e. The second-order valence-corrected chi connectivity index (χ2v) is 5.27. The molecule has 0 aliphatic rings. The molecule has 2 heterocycles. The van der Waals surface area contributed by atoms with Crippen molar-refractivity contribution in [3.63, 3.8) is 0 Å². The molecule has 0 aromatic carbocycles. The summed E-state index contributed by atoms with van der Waals surface area (Å²) in [7, 11) is 0. The fourth-order valence-corrected chi connectivity index (χ4v) is 2.12. The van der Waals surface area contributed by atoms with Crippen LogP contribution < -0.4 is 5.73 Å². The van der Waals surface area contributed by atoms with Gasteiger partial charge in [0.2, 0.25) is 0 Å². The quantitative estimate of drug-likeness (QED) is 0.890. The zero-order valence-corrected chi connectivity index (χ0v) is 11.7. The Morgan fingerprint density at radius 2 is 2.11 bits per heavy atom. The van der Waals surface area contributed by atoms with Crippen molar-refractivity contribution in [2.45, 2.75) is 39.8 Å². The average Bonchev–Trinajstić information content (AvgIpc) is 2.76. The van der Waals surface area contributed by atoms with E-state index in [2.05, 4.69) is 28.9 Å². The van der Waals surface area contributed by atoms with Crippen LogP contribution in [-0.2, 0) is 13.0 Å². The molecule has 2 N–H and O–H groups in total. The molecule has 0 saturated heterocycles. The maximum atomic E-state index is 6.24. The van der Waals surface area contributed by atoms with Gasteiger partial charge in [-0.05, 0) is 24.5 Å². The lowest BCUT2D eigenvalue weighted by atomic mass is 10.1. The Labute approximate surface area is 113 Å². The van der Waals surface area contributed by atoms with E-state index in [0.717, 1.165) is 23.6 Å². The maximum absolute atomic E-state index is 6.24. The van der Waals surface area contributed by atoms with E-state index in [4.69, 9.17) is 5.73 Å². The average molecular weight is 259 g/mol. The molecule has 5 heteroatoms. The molecular formula is C14H21N5. The van der Waals surface area contributed by atoms with E-state index in [-0.39, 0.29) is 6.04 Å². The molecule has 0 fully saturated rings. The zero-order valence-electron chi connectivity index (χ0n) is 11.7. The summed E-state index contributed by atoms with van der Waals surface area (Å²) in [6, 6.07) is 3.81. The van der Waals surface area contributed by atoms with Crippen molar-refractivity contribution in [3.8, 4) is 0 Å². The van der Waals surface area contributed by atoms with Crippen LogP contribution >= 0.6 is 0 Å². The molecule has 19 heavy (non-hydrogen) atoms. The summed E-state index contributed by atoms with van der Waals surface area (Å²) < 4.78 is 1.93. The normalized spacial score (nSPS) is 12.9. The molecule has 0 bridgehead atoms. The van der Waals surface area contributed by atoms with Gasteiger partial charge in [-0.15, -0.1) is 0 Å². The molecule has 2 aromatic rings. The molecule has 0 aliphatic carbocycles. The third-order valence-corrected chi connectivity index (χ3v) is 3.04. The summed E-state index contributed by atoms with van der Waals surface area (Å²) in [5.41, 5.74) is 8.29. The van der Waals surface area contributed by atoms with Crippen LogP contribution in [0.3, 0.4) is 0 Å². The van der Waals surface area contributed by atoms with E-state index in [1.54, 1.807) is 12.5 Å². The van der Waals surface area contributed by atoms with E-state index in [9.17, 15) is 0 Å². The number of rotatable bonds is 5. The number of hydrogen-bond acceptors (Lipinski definition) is 4. The molecule has 2 aromatic heterocycles. The lowest BCUT2D eigenvalue weighted by molar-refractivity contribution is 0.458. The first kappa shape index (κ1) is 13.7. The molecule has 0 aliphatic heterocycles. The van der Waals surface area contributed by atoms with E-state index in [1.807, 2.05) is 23.7 Å². The van der Waals surface area contributed by atoms with Crippen molar-refractivity contribution in [1.82, 2.24) is 19.7 Å². The second-order valence-electron chi connectivity index (χ2n) is 5.27. The molecule has 1 atom stereocenters. The Bertz CT molecular complexity index is 532. The molecule has 0 radical (unpaired) electrons. The Hall–Kier alpha value is -1.75. The van der Waals surface area contributed by atoms with Crippen molar-refractivity contribution in [1.29, 1.82) is 0 Å². The fraction of sp³-hybridized carbons (Fsp3) is 0.500. The van der Waals surface area contributed by atoms with E-state index in [1.165, 1.54) is 0 Å². The Morgan fingerprint density at radius 1 is 1.32 bits per heavy atom. The topological polar surface area (TPSA) is 69.6 Å². The largest absolute Gasteiger partial charge is 0.322 e. The first-order chi connectivity index (χ1) is 9.08. The number of nitrogens with two attached hydrogens (primary N) is 1. The van der Waals surface area contributed by atoms with Crippen LogP contribution in [0, 0.1) is 12.8 Å². The van der Waals surface area contributed by atoms with Gasteiger partial charge in [0, 0.05) is 19.2 Å². The highest BCUT2D eigenvalue weighted by Crippen LogP contribution is 2.16. The van der Waals surface area contributed by atoms with Crippen molar-refractivity contribution < 1.29 is 0 Å². The van der Waals surface area contributed by atoms with Gasteiger partial charge in [-0.3, -0.25) is 4.98 Å². The predicted octanol–water partition coefficient (Wildman–Crippen LogP) is 1.88. The predicted molar refractivity (Wildman–Crippen MR) is 74.5 cm³/mol. The number of nitrogens with zero attached hydrogens (tertiary/aromatic N) is 4. The summed E-state index contributed by atoms with van der Waals surface area (Å²) in [5.74, 6) is 1.46. The monoisotopic (exact) mass is 259 g/mol. The highest BCUT2D eigenvalue weighted by atomic mass is 15.3. The number of aromatic nitrogens is 4. The minimum atomic E-state index is -0.142. The van der Waals surface area contributed by atoms with Crippen LogP contribution in [0.5, 0.6) is 0 Å². The minimum absolute atomic E-state index is 0.142. The molecule has 1 unspecified atom stereocenters. The number of aryl methyl sites for hydroxylation is 1. The van der Waals surface area contributed by atoms with Gasteiger partial charge in [0.25, 0.3) is 0 Å².